The first-order valence-corrected chi connectivity index (χ1v) is 21.3. The smallest absolute Gasteiger partial charge is 0.0980 e. The van der Waals surface area contributed by atoms with Gasteiger partial charge in [-0.1, -0.05) is 135 Å². The highest BCUT2D eigenvalue weighted by molar-refractivity contribution is 7.86. The van der Waals surface area contributed by atoms with Crippen LogP contribution in [0.3, 0.4) is 0 Å². The van der Waals surface area contributed by atoms with Crippen molar-refractivity contribution < 1.29 is 13.0 Å². The SMILES string of the molecule is C=Cc1ccc(CC(CC[P+](CCCCCCCC)(CCCCCCCC)CCCCCCCC)S(=O)(=O)[O-])cc1. The van der Waals surface area contributed by atoms with Crippen LogP contribution >= 0.6 is 7.26 Å². The van der Waals surface area contributed by atoms with Crippen LogP contribution in [0, 0.1) is 0 Å². The minimum Gasteiger partial charge on any atom is -0.748 e. The van der Waals surface area contributed by atoms with Crippen molar-refractivity contribution in [2.45, 2.75) is 154 Å². The molecule has 238 valence electrons. The molecule has 3 nitrogen and oxygen atoms in total. The normalized spacial score (nSPS) is 13.0. The van der Waals surface area contributed by atoms with Crippen molar-refractivity contribution in [2.75, 3.05) is 24.6 Å². The summed E-state index contributed by atoms with van der Waals surface area (Å²) in [6.07, 6.45) is 31.0. The van der Waals surface area contributed by atoms with Crippen molar-refractivity contribution in [3.63, 3.8) is 0 Å². The lowest BCUT2D eigenvalue weighted by molar-refractivity contribution is 0.444. The Kier molecular flexibility index (Phi) is 22.2. The minimum atomic E-state index is -4.36. The highest BCUT2D eigenvalue weighted by Gasteiger charge is 2.37. The third-order valence-electron chi connectivity index (χ3n) is 8.97. The number of hydrogen-bond acceptors (Lipinski definition) is 3. The predicted molar refractivity (Wildman–Crippen MR) is 185 cm³/mol. The second-order valence-corrected chi connectivity index (χ2v) is 18.7. The Morgan fingerprint density at radius 3 is 1.41 bits per heavy atom. The summed E-state index contributed by atoms with van der Waals surface area (Å²) >= 11 is 0. The molecule has 1 aromatic carbocycles. The Balaban J connectivity index is 3.02. The van der Waals surface area contributed by atoms with Crippen LogP contribution in [0.2, 0.25) is 0 Å². The summed E-state index contributed by atoms with van der Waals surface area (Å²) in [6.45, 7) is 10.6. The van der Waals surface area contributed by atoms with E-state index in [1.165, 1.54) is 134 Å². The summed E-state index contributed by atoms with van der Waals surface area (Å²) in [7, 11) is -5.68. The van der Waals surface area contributed by atoms with Gasteiger partial charge in [-0.25, -0.2) is 8.42 Å². The lowest BCUT2D eigenvalue weighted by atomic mass is 10.1. The standard InChI is InChI=1S/C36H65O3PS/c1-5-9-12-15-18-21-29-40(30-22-19-16-13-10-6-2,31-23-20-17-14-11-7-3)32-28-36(41(37,38)39)33-35-26-24-34(8-4)25-27-35/h8,24-27,36H,4-7,9-23,28-33H2,1-3H3. The van der Waals surface area contributed by atoms with E-state index in [9.17, 15) is 13.0 Å². The van der Waals surface area contributed by atoms with Gasteiger partial charge in [0.15, 0.2) is 0 Å². The monoisotopic (exact) mass is 608 g/mol. The van der Waals surface area contributed by atoms with E-state index in [1.54, 1.807) is 6.08 Å². The zero-order valence-corrected chi connectivity index (χ0v) is 28.9. The molecular weight excluding hydrogens is 543 g/mol. The van der Waals surface area contributed by atoms with E-state index in [0.717, 1.165) is 17.3 Å². The maximum Gasteiger partial charge on any atom is 0.0980 e. The van der Waals surface area contributed by atoms with E-state index < -0.39 is 22.6 Å². The molecule has 1 aromatic rings. The zero-order valence-electron chi connectivity index (χ0n) is 27.2. The van der Waals surface area contributed by atoms with E-state index in [-0.39, 0.29) is 0 Å². The second kappa shape index (κ2) is 23.7. The molecule has 0 saturated carbocycles. The van der Waals surface area contributed by atoms with E-state index in [4.69, 9.17) is 0 Å². The molecule has 0 N–H and O–H groups in total. The molecule has 0 radical (unpaired) electrons. The van der Waals surface area contributed by atoms with Gasteiger partial charge in [0.05, 0.1) is 40.0 Å². The van der Waals surface area contributed by atoms with Crippen LogP contribution < -0.4 is 0 Å². The molecule has 1 atom stereocenters. The molecule has 0 aliphatic heterocycles. The summed E-state index contributed by atoms with van der Waals surface area (Å²) in [5.74, 6) is 0. The summed E-state index contributed by atoms with van der Waals surface area (Å²) < 4.78 is 37.5. The van der Waals surface area contributed by atoms with Crippen LogP contribution in [0.25, 0.3) is 6.08 Å². The quantitative estimate of drug-likeness (QED) is 0.0540. The van der Waals surface area contributed by atoms with Gasteiger partial charge in [-0.15, -0.1) is 0 Å². The average Bonchev–Trinajstić information content (AvgIpc) is 2.96. The molecule has 0 aromatic heterocycles. The van der Waals surface area contributed by atoms with Gasteiger partial charge < -0.3 is 4.55 Å². The number of rotatable bonds is 28. The fourth-order valence-electron chi connectivity index (χ4n) is 6.17. The Bertz CT molecular complexity index is 825. The van der Waals surface area contributed by atoms with E-state index >= 15 is 0 Å². The highest BCUT2D eigenvalue weighted by atomic mass is 32.2. The topological polar surface area (TPSA) is 57.2 Å². The maximum atomic E-state index is 12.5. The molecule has 5 heteroatoms. The lowest BCUT2D eigenvalue weighted by Crippen LogP contribution is -2.26. The summed E-state index contributed by atoms with van der Waals surface area (Å²) in [5, 5.41) is -0.824. The Labute approximate surface area is 256 Å². The Hall–Kier alpha value is -0.700. The lowest BCUT2D eigenvalue weighted by Gasteiger charge is -2.31. The Morgan fingerprint density at radius 2 is 1.05 bits per heavy atom. The molecule has 0 fully saturated rings. The van der Waals surface area contributed by atoms with Gasteiger partial charge in [0.1, 0.15) is 0 Å². The average molecular weight is 609 g/mol. The summed E-state index contributed by atoms with van der Waals surface area (Å²) in [6, 6.07) is 7.84. The van der Waals surface area contributed by atoms with Gasteiger partial charge in [-0.05, 0) is 62.5 Å². The minimum absolute atomic E-state index is 0.328. The first-order valence-electron chi connectivity index (χ1n) is 17.3. The van der Waals surface area contributed by atoms with E-state index in [1.807, 2.05) is 24.3 Å². The first kappa shape index (κ1) is 38.3. The molecule has 0 amide bonds. The van der Waals surface area contributed by atoms with Gasteiger partial charge in [0.25, 0.3) is 0 Å². The largest absolute Gasteiger partial charge is 0.748 e. The Morgan fingerprint density at radius 1 is 0.659 bits per heavy atom. The number of hydrogen-bond donors (Lipinski definition) is 0. The van der Waals surface area contributed by atoms with Crippen LogP contribution in [0.4, 0.5) is 0 Å². The fraction of sp³-hybridized carbons (Fsp3) is 0.778. The molecule has 1 rings (SSSR count). The number of unbranched alkanes of at least 4 members (excludes halogenated alkanes) is 15. The zero-order chi connectivity index (χ0) is 30.2. The molecule has 0 spiro atoms. The maximum absolute atomic E-state index is 12.5. The molecule has 1 unspecified atom stereocenters. The third kappa shape index (κ3) is 18.5. The molecule has 0 heterocycles. The van der Waals surface area contributed by atoms with Gasteiger partial charge >= 0.3 is 0 Å². The van der Waals surface area contributed by atoms with Gasteiger partial charge in [0, 0.05) is 7.26 Å². The van der Waals surface area contributed by atoms with Crippen LogP contribution in [-0.4, -0.2) is 42.9 Å². The fourth-order valence-corrected chi connectivity index (χ4v) is 12.0. The first-order chi connectivity index (χ1) is 19.8. The highest BCUT2D eigenvalue weighted by Crippen LogP contribution is 2.61. The molecule has 41 heavy (non-hydrogen) atoms. The summed E-state index contributed by atoms with van der Waals surface area (Å²) in [5.41, 5.74) is 1.95. The van der Waals surface area contributed by atoms with Crippen molar-refractivity contribution >= 4 is 23.5 Å². The van der Waals surface area contributed by atoms with Crippen LogP contribution in [0.5, 0.6) is 0 Å². The number of benzene rings is 1. The molecule has 0 saturated heterocycles. The van der Waals surface area contributed by atoms with Crippen LogP contribution in [0.1, 0.15) is 154 Å². The van der Waals surface area contributed by atoms with Crippen molar-refractivity contribution in [2.24, 2.45) is 0 Å². The van der Waals surface area contributed by atoms with Crippen LogP contribution in [0.15, 0.2) is 30.8 Å². The molecule has 0 aliphatic carbocycles. The van der Waals surface area contributed by atoms with Crippen molar-refractivity contribution in [3.05, 3.63) is 42.0 Å². The summed E-state index contributed by atoms with van der Waals surface area (Å²) in [4.78, 5) is 0. The van der Waals surface area contributed by atoms with Gasteiger partial charge in [0.2, 0.25) is 0 Å². The second-order valence-electron chi connectivity index (χ2n) is 12.6. The molecule has 0 aliphatic rings. The predicted octanol–water partition coefficient (Wildman–Crippen LogP) is 11.3. The van der Waals surface area contributed by atoms with Crippen molar-refractivity contribution in [3.8, 4) is 0 Å². The van der Waals surface area contributed by atoms with E-state index in [2.05, 4.69) is 27.4 Å². The van der Waals surface area contributed by atoms with Crippen molar-refractivity contribution in [1.82, 2.24) is 0 Å². The van der Waals surface area contributed by atoms with Gasteiger partial charge in [-0.2, -0.15) is 0 Å². The van der Waals surface area contributed by atoms with Crippen LogP contribution in [-0.2, 0) is 16.5 Å². The van der Waals surface area contributed by atoms with E-state index in [0.29, 0.717) is 12.8 Å². The van der Waals surface area contributed by atoms with Gasteiger partial charge in [-0.3, -0.25) is 0 Å². The molecule has 0 bridgehead atoms. The third-order valence-corrected chi connectivity index (χ3v) is 15.2. The molecular formula is C36H65O3PS. The van der Waals surface area contributed by atoms with Crippen molar-refractivity contribution in [1.29, 1.82) is 0 Å².